The van der Waals surface area contributed by atoms with Crippen molar-refractivity contribution in [2.24, 2.45) is 17.6 Å². The molecule has 1 amide bonds. The summed E-state index contributed by atoms with van der Waals surface area (Å²) in [5, 5.41) is 0. The molecule has 2 fully saturated rings. The normalized spacial score (nSPS) is 27.0. The van der Waals surface area contributed by atoms with Gasteiger partial charge in [-0.25, -0.2) is 0 Å². The summed E-state index contributed by atoms with van der Waals surface area (Å²) in [6.07, 6.45) is 2.05. The van der Waals surface area contributed by atoms with E-state index in [1.807, 2.05) is 0 Å². The quantitative estimate of drug-likeness (QED) is 0.910. The van der Waals surface area contributed by atoms with Crippen molar-refractivity contribution in [3.63, 3.8) is 0 Å². The lowest BCUT2D eigenvalue weighted by molar-refractivity contribution is -0.0499. The van der Waals surface area contributed by atoms with E-state index in [0.29, 0.717) is 24.9 Å². The molecule has 3 rings (SSSR count). The average Bonchev–Trinajstić information content (AvgIpc) is 3.05. The van der Waals surface area contributed by atoms with Gasteiger partial charge in [-0.1, -0.05) is 0 Å². The van der Waals surface area contributed by atoms with Crippen LogP contribution in [0.25, 0.3) is 0 Å². The lowest BCUT2D eigenvalue weighted by Crippen LogP contribution is -2.33. The van der Waals surface area contributed by atoms with Crippen LogP contribution < -0.4 is 10.5 Å². The molecule has 4 nitrogen and oxygen atoms in total. The number of alkyl halides is 2. The van der Waals surface area contributed by atoms with E-state index < -0.39 is 6.61 Å². The van der Waals surface area contributed by atoms with Gasteiger partial charge in [-0.2, -0.15) is 8.78 Å². The molecule has 0 aromatic carbocycles. The zero-order valence-electron chi connectivity index (χ0n) is 12.1. The van der Waals surface area contributed by atoms with Crippen LogP contribution >= 0.6 is 23.7 Å². The first-order chi connectivity index (χ1) is 9.95. The van der Waals surface area contributed by atoms with E-state index in [1.165, 1.54) is 17.4 Å². The molecule has 1 aromatic rings. The van der Waals surface area contributed by atoms with Gasteiger partial charge < -0.3 is 15.4 Å². The summed E-state index contributed by atoms with van der Waals surface area (Å²) >= 11 is 1.20. The molecule has 124 valence electrons. The number of halogens is 3. The van der Waals surface area contributed by atoms with Gasteiger partial charge in [0.1, 0.15) is 10.6 Å². The third-order valence-corrected chi connectivity index (χ3v) is 5.45. The number of aryl methyl sites for hydroxylation is 1. The minimum atomic E-state index is -2.92. The van der Waals surface area contributed by atoms with E-state index in [1.54, 1.807) is 11.8 Å². The molecule has 3 atom stereocenters. The van der Waals surface area contributed by atoms with Gasteiger partial charge in [0.15, 0.2) is 0 Å². The molecule has 2 heterocycles. The average molecular weight is 353 g/mol. The van der Waals surface area contributed by atoms with E-state index in [0.717, 1.165) is 17.7 Å². The zero-order chi connectivity index (χ0) is 15.1. The van der Waals surface area contributed by atoms with Crippen LogP contribution in [0.3, 0.4) is 0 Å². The molecule has 1 saturated carbocycles. The van der Waals surface area contributed by atoms with Crippen LogP contribution in [0.5, 0.6) is 5.75 Å². The molecule has 1 aliphatic heterocycles. The van der Waals surface area contributed by atoms with Crippen molar-refractivity contribution < 1.29 is 18.3 Å². The zero-order valence-corrected chi connectivity index (χ0v) is 13.8. The molecule has 2 N–H and O–H groups in total. The molecule has 0 spiro atoms. The third-order valence-electron chi connectivity index (χ3n) is 4.43. The van der Waals surface area contributed by atoms with Crippen molar-refractivity contribution in [3.8, 4) is 5.75 Å². The van der Waals surface area contributed by atoms with Crippen LogP contribution in [-0.4, -0.2) is 36.5 Å². The fraction of sp³-hybridized carbons (Fsp3) is 0.643. The van der Waals surface area contributed by atoms with Gasteiger partial charge in [0.25, 0.3) is 5.91 Å². The smallest absolute Gasteiger partial charge is 0.387 e. The standard InChI is InChI=1S/C14H18F2N2O2S.ClH/c1-7-4-11(20-14(15)16)12(21-7)13(19)18-5-8-2-3-10(17)9(8)6-18;/h4,8-10,14H,2-3,5-6,17H2,1H3;1H. The maximum absolute atomic E-state index is 12.6. The Labute approximate surface area is 138 Å². The van der Waals surface area contributed by atoms with Crippen LogP contribution in [0.1, 0.15) is 27.4 Å². The predicted octanol–water partition coefficient (Wildman–Crippen LogP) is 2.89. The Morgan fingerprint density at radius 2 is 2.18 bits per heavy atom. The topological polar surface area (TPSA) is 55.6 Å². The number of fused-ring (bicyclic) bond motifs is 1. The van der Waals surface area contributed by atoms with Gasteiger partial charge in [-0.15, -0.1) is 23.7 Å². The number of rotatable bonds is 3. The van der Waals surface area contributed by atoms with Gasteiger partial charge in [0.2, 0.25) is 0 Å². The SMILES string of the molecule is Cc1cc(OC(F)F)c(C(=O)N2CC3CCC(N)C3C2)s1.Cl. The van der Waals surface area contributed by atoms with Crippen molar-refractivity contribution in [1.82, 2.24) is 4.90 Å². The summed E-state index contributed by atoms with van der Waals surface area (Å²) < 4.78 is 29.3. The van der Waals surface area contributed by atoms with E-state index >= 15 is 0 Å². The lowest BCUT2D eigenvalue weighted by Gasteiger charge is -2.18. The number of ether oxygens (including phenoxy) is 1. The van der Waals surface area contributed by atoms with E-state index in [-0.39, 0.29) is 35.0 Å². The van der Waals surface area contributed by atoms with Crippen LogP contribution in [-0.2, 0) is 0 Å². The maximum Gasteiger partial charge on any atom is 0.387 e. The summed E-state index contributed by atoms with van der Waals surface area (Å²) in [4.78, 5) is 15.4. The Hall–Kier alpha value is -0.920. The number of nitrogens with zero attached hydrogens (tertiary/aromatic N) is 1. The highest BCUT2D eigenvalue weighted by Crippen LogP contribution is 2.39. The molecule has 3 unspecified atom stereocenters. The van der Waals surface area contributed by atoms with E-state index in [4.69, 9.17) is 5.73 Å². The number of hydrogen-bond donors (Lipinski definition) is 1. The number of carbonyl (C=O) groups is 1. The van der Waals surface area contributed by atoms with Crippen molar-refractivity contribution in [2.45, 2.75) is 32.4 Å². The number of amides is 1. The first-order valence-electron chi connectivity index (χ1n) is 7.06. The van der Waals surface area contributed by atoms with Gasteiger partial charge >= 0.3 is 6.61 Å². The maximum atomic E-state index is 12.6. The number of nitrogens with two attached hydrogens (primary N) is 1. The van der Waals surface area contributed by atoms with Crippen molar-refractivity contribution in [3.05, 3.63) is 15.8 Å². The molecular weight excluding hydrogens is 334 g/mol. The Kier molecular flexibility index (Phi) is 5.29. The Balaban J connectivity index is 0.00000176. The van der Waals surface area contributed by atoms with E-state index in [9.17, 15) is 13.6 Å². The number of thiophene rings is 1. The molecule has 2 aliphatic rings. The highest BCUT2D eigenvalue weighted by molar-refractivity contribution is 7.14. The molecule has 1 aliphatic carbocycles. The minimum absolute atomic E-state index is 0. The van der Waals surface area contributed by atoms with Crippen molar-refractivity contribution in [2.75, 3.05) is 13.1 Å². The number of hydrogen-bond acceptors (Lipinski definition) is 4. The van der Waals surface area contributed by atoms with Gasteiger partial charge in [0, 0.05) is 24.0 Å². The van der Waals surface area contributed by atoms with Crippen molar-refractivity contribution in [1.29, 1.82) is 0 Å². The van der Waals surface area contributed by atoms with Gasteiger partial charge in [0.05, 0.1) is 0 Å². The van der Waals surface area contributed by atoms with E-state index in [2.05, 4.69) is 4.74 Å². The monoisotopic (exact) mass is 352 g/mol. The molecule has 22 heavy (non-hydrogen) atoms. The fourth-order valence-electron chi connectivity index (χ4n) is 3.44. The number of likely N-dealkylation sites (tertiary alicyclic amines) is 1. The molecule has 1 aromatic heterocycles. The second-order valence-corrected chi connectivity index (χ2v) is 7.06. The molecular formula is C14H19ClF2N2O2S. The highest BCUT2D eigenvalue weighted by atomic mass is 35.5. The summed E-state index contributed by atoms with van der Waals surface area (Å²) in [6.45, 7) is 0.142. The predicted molar refractivity (Wildman–Crippen MR) is 83.0 cm³/mol. The fourth-order valence-corrected chi connectivity index (χ4v) is 4.35. The second-order valence-electron chi connectivity index (χ2n) is 5.80. The van der Waals surface area contributed by atoms with Crippen LogP contribution in [0.15, 0.2) is 6.07 Å². The van der Waals surface area contributed by atoms with Crippen molar-refractivity contribution >= 4 is 29.7 Å². The number of carbonyl (C=O) groups excluding carboxylic acids is 1. The van der Waals surface area contributed by atoms with Crippen LogP contribution in [0.2, 0.25) is 0 Å². The molecule has 0 radical (unpaired) electrons. The third kappa shape index (κ3) is 3.21. The molecule has 1 saturated heterocycles. The summed E-state index contributed by atoms with van der Waals surface area (Å²) in [5.41, 5.74) is 6.06. The van der Waals surface area contributed by atoms with Gasteiger partial charge in [-0.05, 0) is 37.7 Å². The van der Waals surface area contributed by atoms with Crippen LogP contribution in [0, 0.1) is 18.8 Å². The molecule has 0 bridgehead atoms. The Morgan fingerprint density at radius 1 is 1.45 bits per heavy atom. The second kappa shape index (κ2) is 6.68. The Bertz CT molecular complexity index is 555. The summed E-state index contributed by atoms with van der Waals surface area (Å²) in [5.74, 6) is 0.558. The Morgan fingerprint density at radius 3 is 2.82 bits per heavy atom. The van der Waals surface area contributed by atoms with Gasteiger partial charge in [-0.3, -0.25) is 4.79 Å². The first-order valence-corrected chi connectivity index (χ1v) is 7.87. The summed E-state index contributed by atoms with van der Waals surface area (Å²) in [6, 6.07) is 1.64. The van der Waals surface area contributed by atoms with Crippen LogP contribution in [0.4, 0.5) is 8.78 Å². The largest absolute Gasteiger partial charge is 0.433 e. The minimum Gasteiger partial charge on any atom is -0.433 e. The summed E-state index contributed by atoms with van der Waals surface area (Å²) in [7, 11) is 0. The molecule has 8 heteroatoms. The highest BCUT2D eigenvalue weighted by Gasteiger charge is 2.43. The first kappa shape index (κ1) is 17.4. The lowest BCUT2D eigenvalue weighted by atomic mass is 9.98.